The van der Waals surface area contributed by atoms with Crippen molar-refractivity contribution in [2.45, 2.75) is 32.5 Å². The van der Waals surface area contributed by atoms with Crippen LogP contribution in [0, 0.1) is 13.8 Å². The molecule has 6 nitrogen and oxygen atoms in total. The van der Waals surface area contributed by atoms with E-state index < -0.39 is 41.7 Å². The van der Waals surface area contributed by atoms with Gasteiger partial charge in [-0.05, 0) is 55.7 Å². The first-order valence-corrected chi connectivity index (χ1v) is 9.11. The molecule has 1 atom stereocenters. The van der Waals surface area contributed by atoms with E-state index in [1.807, 2.05) is 19.1 Å². The Balaban J connectivity index is 1.81. The number of hydrogen-bond acceptors (Lipinski definition) is 3. The number of alkyl halides is 3. The predicted octanol–water partition coefficient (Wildman–Crippen LogP) is 3.73. The lowest BCUT2D eigenvalue weighted by atomic mass is 9.90. The van der Waals surface area contributed by atoms with Crippen molar-refractivity contribution in [1.29, 1.82) is 0 Å². The molecule has 4 amide bonds. The van der Waals surface area contributed by atoms with Gasteiger partial charge in [-0.25, -0.2) is 4.79 Å². The van der Waals surface area contributed by atoms with Crippen molar-refractivity contribution in [3.8, 4) is 0 Å². The summed E-state index contributed by atoms with van der Waals surface area (Å²) in [5.74, 6) is -1.40. The number of carbonyl (C=O) groups is 3. The van der Waals surface area contributed by atoms with Gasteiger partial charge in [0.05, 0.1) is 5.56 Å². The summed E-state index contributed by atoms with van der Waals surface area (Å²) in [5.41, 5.74) is -0.393. The maximum absolute atomic E-state index is 13.0. The Morgan fingerprint density at radius 2 is 1.83 bits per heavy atom. The largest absolute Gasteiger partial charge is 0.416 e. The maximum atomic E-state index is 13.0. The third kappa shape index (κ3) is 4.00. The van der Waals surface area contributed by atoms with Gasteiger partial charge in [-0.3, -0.25) is 14.5 Å². The molecule has 0 spiro atoms. The lowest BCUT2D eigenvalue weighted by Gasteiger charge is -2.23. The van der Waals surface area contributed by atoms with Crippen LogP contribution in [-0.4, -0.2) is 29.3 Å². The Labute approximate surface area is 171 Å². The molecule has 0 aliphatic carbocycles. The van der Waals surface area contributed by atoms with Crippen molar-refractivity contribution in [2.75, 3.05) is 11.9 Å². The van der Waals surface area contributed by atoms with E-state index in [1.165, 1.54) is 19.1 Å². The van der Waals surface area contributed by atoms with E-state index >= 15 is 0 Å². The van der Waals surface area contributed by atoms with Gasteiger partial charge < -0.3 is 10.6 Å². The fourth-order valence-corrected chi connectivity index (χ4v) is 3.25. The highest BCUT2D eigenvalue weighted by Gasteiger charge is 2.50. The zero-order valence-electron chi connectivity index (χ0n) is 16.6. The molecule has 1 aliphatic rings. The average Bonchev–Trinajstić information content (AvgIpc) is 2.88. The molecule has 1 aliphatic heterocycles. The van der Waals surface area contributed by atoms with E-state index in [2.05, 4.69) is 10.6 Å². The first kappa shape index (κ1) is 21.4. The molecule has 3 rings (SSSR count). The van der Waals surface area contributed by atoms with Crippen LogP contribution in [0.1, 0.15) is 29.2 Å². The van der Waals surface area contributed by atoms with E-state index in [-0.39, 0.29) is 5.56 Å². The third-order valence-corrected chi connectivity index (χ3v) is 5.01. The minimum atomic E-state index is -4.59. The van der Waals surface area contributed by atoms with Crippen LogP contribution in [0.2, 0.25) is 0 Å². The van der Waals surface area contributed by atoms with Crippen molar-refractivity contribution in [3.63, 3.8) is 0 Å². The van der Waals surface area contributed by atoms with Crippen LogP contribution in [0.4, 0.5) is 23.7 Å². The molecule has 1 saturated heterocycles. The lowest BCUT2D eigenvalue weighted by molar-refractivity contribution is -0.138. The van der Waals surface area contributed by atoms with Crippen LogP contribution in [0.5, 0.6) is 0 Å². The molecule has 2 aromatic rings. The summed E-state index contributed by atoms with van der Waals surface area (Å²) in [6.07, 6.45) is -4.59. The van der Waals surface area contributed by atoms with Gasteiger partial charge in [0.25, 0.3) is 5.91 Å². The Kier molecular flexibility index (Phi) is 5.32. The summed E-state index contributed by atoms with van der Waals surface area (Å²) in [4.78, 5) is 38.4. The molecule has 9 heteroatoms. The molecule has 2 N–H and O–H groups in total. The van der Waals surface area contributed by atoms with Crippen molar-refractivity contribution in [3.05, 3.63) is 64.7 Å². The molecule has 0 aromatic heterocycles. The molecule has 158 valence electrons. The zero-order valence-corrected chi connectivity index (χ0v) is 16.6. The van der Waals surface area contributed by atoms with Gasteiger partial charge in [0, 0.05) is 5.69 Å². The average molecular weight is 419 g/mol. The van der Waals surface area contributed by atoms with Crippen molar-refractivity contribution in [2.24, 2.45) is 0 Å². The van der Waals surface area contributed by atoms with E-state index in [9.17, 15) is 27.6 Å². The summed E-state index contributed by atoms with van der Waals surface area (Å²) in [7, 11) is 0. The number of nitrogens with zero attached hydrogens (tertiary/aromatic N) is 1. The summed E-state index contributed by atoms with van der Waals surface area (Å²) in [5, 5.41) is 5.06. The molecule has 30 heavy (non-hydrogen) atoms. The molecule has 1 fully saturated rings. The Morgan fingerprint density at radius 1 is 1.13 bits per heavy atom. The first-order valence-electron chi connectivity index (χ1n) is 9.11. The minimum absolute atomic E-state index is 0.0203. The van der Waals surface area contributed by atoms with E-state index in [4.69, 9.17) is 0 Å². The van der Waals surface area contributed by atoms with Gasteiger partial charge in [0.1, 0.15) is 12.1 Å². The molecule has 1 heterocycles. The van der Waals surface area contributed by atoms with Crippen LogP contribution >= 0.6 is 0 Å². The standard InChI is InChI=1S/C21H20F3N3O3/c1-12-7-8-13(2)16(9-12)25-17(28)11-27-18(29)20(3,26-19(27)30)14-5-4-6-15(10-14)21(22,23)24/h4-10H,11H2,1-3H3,(H,25,28)(H,26,30)/t20-/m1/s1. The van der Waals surface area contributed by atoms with Crippen molar-refractivity contribution < 1.29 is 27.6 Å². The maximum Gasteiger partial charge on any atom is 0.416 e. The number of anilines is 1. The molecular weight excluding hydrogens is 399 g/mol. The Hall–Kier alpha value is -3.36. The quantitative estimate of drug-likeness (QED) is 0.742. The summed E-state index contributed by atoms with van der Waals surface area (Å²) < 4.78 is 39.1. The fraction of sp³-hybridized carbons (Fsp3) is 0.286. The van der Waals surface area contributed by atoms with E-state index in [0.717, 1.165) is 23.3 Å². The number of aryl methyl sites for hydroxylation is 2. The molecule has 0 unspecified atom stereocenters. The second-order valence-electron chi connectivity index (χ2n) is 7.39. The van der Waals surface area contributed by atoms with Crippen LogP contribution in [0.25, 0.3) is 0 Å². The van der Waals surface area contributed by atoms with Gasteiger partial charge in [-0.2, -0.15) is 13.2 Å². The van der Waals surface area contributed by atoms with E-state index in [0.29, 0.717) is 10.6 Å². The number of halogens is 3. The van der Waals surface area contributed by atoms with Crippen LogP contribution in [0.3, 0.4) is 0 Å². The summed E-state index contributed by atoms with van der Waals surface area (Å²) in [6, 6.07) is 8.79. The number of imide groups is 1. The summed E-state index contributed by atoms with van der Waals surface area (Å²) >= 11 is 0. The smallest absolute Gasteiger partial charge is 0.324 e. The van der Waals surface area contributed by atoms with Gasteiger partial charge in [-0.1, -0.05) is 24.3 Å². The van der Waals surface area contributed by atoms with Crippen molar-refractivity contribution >= 4 is 23.5 Å². The molecule has 0 radical (unpaired) electrons. The van der Waals surface area contributed by atoms with Crippen molar-refractivity contribution in [1.82, 2.24) is 10.2 Å². The highest BCUT2D eigenvalue weighted by molar-refractivity contribution is 6.10. The third-order valence-electron chi connectivity index (χ3n) is 5.01. The van der Waals surface area contributed by atoms with Crippen LogP contribution in [0.15, 0.2) is 42.5 Å². The second-order valence-corrected chi connectivity index (χ2v) is 7.39. The molecule has 0 bridgehead atoms. The first-order chi connectivity index (χ1) is 13.9. The van der Waals surface area contributed by atoms with E-state index in [1.54, 1.807) is 13.0 Å². The van der Waals surface area contributed by atoms with Gasteiger partial charge >= 0.3 is 12.2 Å². The SMILES string of the molecule is Cc1ccc(C)c(NC(=O)CN2C(=O)N[C@](C)(c3cccc(C(F)(F)F)c3)C2=O)c1. The predicted molar refractivity (Wildman–Crippen MR) is 104 cm³/mol. The van der Waals surface area contributed by atoms with Crippen LogP contribution in [-0.2, 0) is 21.3 Å². The summed E-state index contributed by atoms with van der Waals surface area (Å²) in [6.45, 7) is 4.40. The normalized spacial score (nSPS) is 19.1. The topological polar surface area (TPSA) is 78.5 Å². The van der Waals surface area contributed by atoms with Gasteiger partial charge in [0.2, 0.25) is 5.91 Å². The highest BCUT2D eigenvalue weighted by Crippen LogP contribution is 2.34. The van der Waals surface area contributed by atoms with Crippen LogP contribution < -0.4 is 10.6 Å². The fourth-order valence-electron chi connectivity index (χ4n) is 3.25. The highest BCUT2D eigenvalue weighted by atomic mass is 19.4. The Bertz CT molecular complexity index is 1040. The molecule has 0 saturated carbocycles. The zero-order chi connectivity index (χ0) is 22.3. The Morgan fingerprint density at radius 3 is 2.50 bits per heavy atom. The number of urea groups is 1. The monoisotopic (exact) mass is 419 g/mol. The number of amides is 4. The number of nitrogens with one attached hydrogen (secondary N) is 2. The number of rotatable bonds is 4. The van der Waals surface area contributed by atoms with Gasteiger partial charge in [-0.15, -0.1) is 0 Å². The number of benzene rings is 2. The molecular formula is C21H20F3N3O3. The molecule has 2 aromatic carbocycles. The lowest BCUT2D eigenvalue weighted by Crippen LogP contribution is -2.42. The number of carbonyl (C=O) groups excluding carboxylic acids is 3. The minimum Gasteiger partial charge on any atom is -0.324 e. The van der Waals surface area contributed by atoms with Gasteiger partial charge in [0.15, 0.2) is 0 Å². The second kappa shape index (κ2) is 7.47. The number of hydrogen-bond donors (Lipinski definition) is 2.